The van der Waals surface area contributed by atoms with Gasteiger partial charge in [-0.05, 0) is 25.1 Å². The summed E-state index contributed by atoms with van der Waals surface area (Å²) < 4.78 is 5.52. The van der Waals surface area contributed by atoms with E-state index in [0.29, 0.717) is 0 Å². The molecule has 0 N–H and O–H groups in total. The quantitative estimate of drug-likeness (QED) is 0.559. The summed E-state index contributed by atoms with van der Waals surface area (Å²) in [5.74, 6) is 0. The molecule has 0 saturated carbocycles. The second-order valence-corrected chi connectivity index (χ2v) is 4.96. The highest BCUT2D eigenvalue weighted by Gasteiger charge is 2.00. The van der Waals surface area contributed by atoms with Crippen molar-refractivity contribution in [1.29, 1.82) is 0 Å². The van der Waals surface area contributed by atoms with Gasteiger partial charge in [-0.1, -0.05) is 51.4 Å². The molecule has 1 saturated heterocycles. The number of rotatable bonds is 0. The zero-order valence-corrected chi connectivity index (χ0v) is 10.6. The van der Waals surface area contributed by atoms with E-state index in [2.05, 4.69) is 0 Å². The van der Waals surface area contributed by atoms with E-state index in [1.807, 2.05) is 0 Å². The molecule has 0 aromatic heterocycles. The Morgan fingerprint density at radius 1 is 0.667 bits per heavy atom. The van der Waals surface area contributed by atoms with E-state index in [-0.39, 0.29) is 0 Å². The Hall–Kier alpha value is -0.110. The van der Waals surface area contributed by atoms with Gasteiger partial charge in [0.05, 0.1) is 6.61 Å². The summed E-state index contributed by atoms with van der Waals surface area (Å²) in [5.41, 5.74) is 0. The highest BCUT2D eigenvalue weighted by molar-refractivity contribution is 7.80. The predicted octanol–water partition coefficient (Wildman–Crippen LogP) is 4.64. The lowest BCUT2D eigenvalue weighted by atomic mass is 10.1. The van der Waals surface area contributed by atoms with E-state index in [9.17, 15) is 0 Å². The smallest absolute Gasteiger partial charge is 0.159 e. The van der Waals surface area contributed by atoms with Crippen LogP contribution in [0.3, 0.4) is 0 Å². The second kappa shape index (κ2) is 9.14. The standard InChI is InChI=1S/C13H24OS/c15-13-11-9-7-5-3-1-2-4-6-8-10-12-14-13/h1-12H2. The Morgan fingerprint density at radius 3 is 1.73 bits per heavy atom. The van der Waals surface area contributed by atoms with Crippen LogP contribution < -0.4 is 0 Å². The SMILES string of the molecule is S=C1CCCCCCCCCCCCO1. The lowest BCUT2D eigenvalue weighted by Gasteiger charge is -2.08. The van der Waals surface area contributed by atoms with E-state index in [4.69, 9.17) is 17.0 Å². The maximum Gasteiger partial charge on any atom is 0.159 e. The third-order valence-corrected chi connectivity index (χ3v) is 3.36. The fourth-order valence-electron chi connectivity index (χ4n) is 2.04. The molecule has 0 atom stereocenters. The molecule has 0 radical (unpaired) electrons. The average molecular weight is 228 g/mol. The average Bonchev–Trinajstić information content (AvgIpc) is 2.24. The fraction of sp³-hybridized carbons (Fsp3) is 0.923. The molecule has 88 valence electrons. The van der Waals surface area contributed by atoms with Crippen molar-refractivity contribution in [3.63, 3.8) is 0 Å². The van der Waals surface area contributed by atoms with Crippen LogP contribution in [0.4, 0.5) is 0 Å². The van der Waals surface area contributed by atoms with Crippen LogP contribution in [0.2, 0.25) is 0 Å². The summed E-state index contributed by atoms with van der Waals surface area (Å²) >= 11 is 5.17. The van der Waals surface area contributed by atoms with Crippen LogP contribution in [0.1, 0.15) is 70.6 Å². The van der Waals surface area contributed by atoms with E-state index >= 15 is 0 Å². The topological polar surface area (TPSA) is 9.23 Å². The van der Waals surface area contributed by atoms with Gasteiger partial charge in [0.2, 0.25) is 0 Å². The Morgan fingerprint density at radius 2 is 1.13 bits per heavy atom. The zero-order valence-electron chi connectivity index (χ0n) is 9.80. The minimum Gasteiger partial charge on any atom is -0.487 e. The molecule has 1 aliphatic heterocycles. The second-order valence-electron chi connectivity index (χ2n) is 4.51. The monoisotopic (exact) mass is 228 g/mol. The molecule has 1 nitrogen and oxygen atoms in total. The molecule has 0 bridgehead atoms. The molecule has 2 heteroatoms. The molecule has 1 aliphatic rings. The van der Waals surface area contributed by atoms with Crippen molar-refractivity contribution in [1.82, 2.24) is 0 Å². The first-order valence-electron chi connectivity index (χ1n) is 6.55. The van der Waals surface area contributed by atoms with Crippen molar-refractivity contribution in [2.45, 2.75) is 70.6 Å². The number of thiocarbonyl (C=S) groups is 1. The minimum absolute atomic E-state index is 0.840. The Kier molecular flexibility index (Phi) is 7.90. The molecule has 1 fully saturated rings. The van der Waals surface area contributed by atoms with Gasteiger partial charge in [0.1, 0.15) is 0 Å². The van der Waals surface area contributed by atoms with Crippen LogP contribution in [0.25, 0.3) is 0 Å². The fourth-order valence-corrected chi connectivity index (χ4v) is 2.27. The molecular weight excluding hydrogens is 204 g/mol. The number of hydrogen-bond acceptors (Lipinski definition) is 2. The van der Waals surface area contributed by atoms with E-state index in [1.165, 1.54) is 64.2 Å². The third-order valence-electron chi connectivity index (χ3n) is 3.04. The largest absolute Gasteiger partial charge is 0.487 e. The van der Waals surface area contributed by atoms with Crippen molar-refractivity contribution < 1.29 is 4.74 Å². The highest BCUT2D eigenvalue weighted by Crippen LogP contribution is 2.13. The van der Waals surface area contributed by atoms with Gasteiger partial charge < -0.3 is 4.74 Å². The number of ether oxygens (including phenoxy) is 1. The van der Waals surface area contributed by atoms with Gasteiger partial charge in [0.15, 0.2) is 5.05 Å². The first kappa shape index (κ1) is 13.0. The first-order valence-corrected chi connectivity index (χ1v) is 6.96. The Labute approximate surface area is 99.6 Å². The Balaban J connectivity index is 2.13. The van der Waals surface area contributed by atoms with E-state index in [1.54, 1.807) is 0 Å². The van der Waals surface area contributed by atoms with E-state index < -0.39 is 0 Å². The summed E-state index contributed by atoms with van der Waals surface area (Å²) in [5, 5.41) is 0.840. The summed E-state index contributed by atoms with van der Waals surface area (Å²) in [7, 11) is 0. The van der Waals surface area contributed by atoms with Crippen LogP contribution >= 0.6 is 12.2 Å². The van der Waals surface area contributed by atoms with Gasteiger partial charge in [-0.2, -0.15) is 0 Å². The normalized spacial score (nSPS) is 22.8. The minimum atomic E-state index is 0.840. The molecule has 1 heterocycles. The maximum atomic E-state index is 5.52. The molecule has 0 unspecified atom stereocenters. The van der Waals surface area contributed by atoms with Crippen LogP contribution in [0.5, 0.6) is 0 Å². The van der Waals surface area contributed by atoms with Crippen molar-refractivity contribution in [3.05, 3.63) is 0 Å². The van der Waals surface area contributed by atoms with E-state index in [0.717, 1.165) is 18.1 Å². The van der Waals surface area contributed by atoms with Gasteiger partial charge in [0.25, 0.3) is 0 Å². The molecule has 1 rings (SSSR count). The van der Waals surface area contributed by atoms with Crippen molar-refractivity contribution >= 4 is 17.3 Å². The summed E-state index contributed by atoms with van der Waals surface area (Å²) in [6, 6.07) is 0. The molecule has 0 aromatic carbocycles. The lowest BCUT2D eigenvalue weighted by Crippen LogP contribution is -2.03. The molecule has 0 aliphatic carbocycles. The van der Waals surface area contributed by atoms with Gasteiger partial charge in [-0.25, -0.2) is 0 Å². The first-order chi connectivity index (χ1) is 7.39. The van der Waals surface area contributed by atoms with Crippen LogP contribution in [-0.2, 0) is 4.74 Å². The van der Waals surface area contributed by atoms with Crippen LogP contribution in [0, 0.1) is 0 Å². The molecule has 0 aromatic rings. The summed E-state index contributed by atoms with van der Waals surface area (Å²) in [6.45, 7) is 0.846. The Bertz CT molecular complexity index is 152. The van der Waals surface area contributed by atoms with Gasteiger partial charge >= 0.3 is 0 Å². The molecular formula is C13H24OS. The number of hydrogen-bond donors (Lipinski definition) is 0. The molecule has 0 amide bonds. The third kappa shape index (κ3) is 7.78. The van der Waals surface area contributed by atoms with Crippen molar-refractivity contribution in [3.8, 4) is 0 Å². The van der Waals surface area contributed by atoms with Crippen molar-refractivity contribution in [2.24, 2.45) is 0 Å². The van der Waals surface area contributed by atoms with Crippen LogP contribution in [0.15, 0.2) is 0 Å². The lowest BCUT2D eigenvalue weighted by molar-refractivity contribution is 0.290. The van der Waals surface area contributed by atoms with Crippen molar-refractivity contribution in [2.75, 3.05) is 6.61 Å². The van der Waals surface area contributed by atoms with Gasteiger partial charge in [0, 0.05) is 6.42 Å². The van der Waals surface area contributed by atoms with Crippen LogP contribution in [-0.4, -0.2) is 11.7 Å². The summed E-state index contributed by atoms with van der Waals surface area (Å²) in [4.78, 5) is 0. The van der Waals surface area contributed by atoms with Gasteiger partial charge in [-0.15, -0.1) is 0 Å². The van der Waals surface area contributed by atoms with Gasteiger partial charge in [-0.3, -0.25) is 0 Å². The highest BCUT2D eigenvalue weighted by atomic mass is 32.1. The predicted molar refractivity (Wildman–Crippen MR) is 69.3 cm³/mol. The zero-order chi connectivity index (χ0) is 10.8. The molecule has 0 spiro atoms. The molecule has 15 heavy (non-hydrogen) atoms. The summed E-state index contributed by atoms with van der Waals surface area (Å²) in [6.07, 6.45) is 14.5. The maximum absolute atomic E-state index is 5.52.